The molecule has 2 unspecified atom stereocenters. The Morgan fingerprint density at radius 2 is 2.00 bits per heavy atom. The first-order valence-electron chi connectivity index (χ1n) is 11.2. The summed E-state index contributed by atoms with van der Waals surface area (Å²) in [5, 5.41) is 5.55. The summed E-state index contributed by atoms with van der Waals surface area (Å²) in [6.07, 6.45) is 3.07. The van der Waals surface area contributed by atoms with E-state index in [9.17, 15) is 4.79 Å². The third-order valence-electron chi connectivity index (χ3n) is 6.14. The molecule has 2 fully saturated rings. The summed E-state index contributed by atoms with van der Waals surface area (Å²) in [6.45, 7) is 6.60. The Balaban J connectivity index is 1.25. The molecule has 1 amide bonds. The van der Waals surface area contributed by atoms with Crippen LogP contribution in [-0.2, 0) is 11.3 Å². The van der Waals surface area contributed by atoms with Crippen molar-refractivity contribution in [1.82, 2.24) is 30.5 Å². The molecule has 0 radical (unpaired) electrons. The fourth-order valence-corrected chi connectivity index (χ4v) is 5.42. The quantitative estimate of drug-likeness (QED) is 0.530. The first-order chi connectivity index (χ1) is 15.6. The number of carbonyl (C=O) groups is 1. The Morgan fingerprint density at radius 1 is 1.22 bits per heavy atom. The molecule has 4 atom stereocenters. The van der Waals surface area contributed by atoms with Gasteiger partial charge in [0.15, 0.2) is 10.7 Å². The largest absolute Gasteiger partial charge is 0.372 e. The molecule has 3 aromatic rings. The van der Waals surface area contributed by atoms with Crippen LogP contribution in [0.25, 0.3) is 4.96 Å². The van der Waals surface area contributed by atoms with Crippen molar-refractivity contribution in [2.45, 2.75) is 51.1 Å². The summed E-state index contributed by atoms with van der Waals surface area (Å²) in [5.74, 6) is -0.00972. The Bertz CT molecular complexity index is 1060. The smallest absolute Gasteiger partial charge is 0.274 e. The summed E-state index contributed by atoms with van der Waals surface area (Å²) in [7, 11) is 0. The molecule has 2 aliphatic heterocycles. The second-order valence-corrected chi connectivity index (χ2v) is 9.62. The standard InChI is InChI=1S/C23H30N6O2S/c1-15-13-28(14-16(2)31-15)22(30)21-20(29-8-9-32-23(29)25-21)12-24-11-18-10-19(27-26-18)17-6-4-3-5-7-17/h3-9,15-16,18-19,24,26-27H,10-14H2,1-2H3/t15-,16+,18?,19?. The number of rotatable bonds is 6. The first-order valence-corrected chi connectivity index (χ1v) is 12.1. The van der Waals surface area contributed by atoms with Gasteiger partial charge < -0.3 is 15.0 Å². The molecule has 0 bridgehead atoms. The molecular weight excluding hydrogens is 424 g/mol. The van der Waals surface area contributed by atoms with E-state index in [2.05, 4.69) is 45.4 Å². The van der Waals surface area contributed by atoms with Gasteiger partial charge in [0.1, 0.15) is 0 Å². The zero-order valence-electron chi connectivity index (χ0n) is 18.5. The van der Waals surface area contributed by atoms with E-state index >= 15 is 0 Å². The van der Waals surface area contributed by atoms with Gasteiger partial charge in [0, 0.05) is 49.8 Å². The van der Waals surface area contributed by atoms with E-state index in [1.807, 2.05) is 40.8 Å². The average Bonchev–Trinajstić information content (AvgIpc) is 3.50. The van der Waals surface area contributed by atoms with Crippen molar-refractivity contribution in [3.05, 3.63) is 58.9 Å². The lowest BCUT2D eigenvalue weighted by molar-refractivity contribution is -0.0587. The number of aromatic nitrogens is 2. The number of hydrazine groups is 1. The van der Waals surface area contributed by atoms with E-state index in [0.717, 1.165) is 23.6 Å². The van der Waals surface area contributed by atoms with Crippen molar-refractivity contribution in [3.8, 4) is 0 Å². The molecule has 8 nitrogen and oxygen atoms in total. The van der Waals surface area contributed by atoms with Gasteiger partial charge >= 0.3 is 0 Å². The van der Waals surface area contributed by atoms with Gasteiger partial charge in [-0.25, -0.2) is 10.4 Å². The second-order valence-electron chi connectivity index (χ2n) is 8.75. The minimum absolute atomic E-state index is 0.00972. The minimum Gasteiger partial charge on any atom is -0.372 e. The van der Waals surface area contributed by atoms with Crippen LogP contribution in [0, 0.1) is 0 Å². The van der Waals surface area contributed by atoms with Crippen LogP contribution in [0.3, 0.4) is 0 Å². The van der Waals surface area contributed by atoms with Crippen LogP contribution in [-0.4, -0.2) is 58.1 Å². The lowest BCUT2D eigenvalue weighted by atomic mass is 10.0. The first kappa shape index (κ1) is 21.5. The van der Waals surface area contributed by atoms with Gasteiger partial charge in [-0.15, -0.1) is 11.3 Å². The molecular formula is C23H30N6O2S. The normalized spacial score (nSPS) is 26.1. The zero-order chi connectivity index (χ0) is 22.1. The number of carbonyl (C=O) groups excluding carboxylic acids is 1. The Morgan fingerprint density at radius 3 is 2.78 bits per heavy atom. The summed E-state index contributed by atoms with van der Waals surface area (Å²) in [6, 6.07) is 11.1. The van der Waals surface area contributed by atoms with Crippen molar-refractivity contribution >= 4 is 22.2 Å². The SMILES string of the molecule is C[C@@H]1CN(C(=O)c2nc3sccn3c2CNCC2CC(c3ccccc3)NN2)C[C@H](C)O1. The molecule has 0 spiro atoms. The number of thiazole rings is 1. The highest BCUT2D eigenvalue weighted by molar-refractivity contribution is 7.15. The van der Waals surface area contributed by atoms with Gasteiger partial charge in [-0.05, 0) is 25.8 Å². The van der Waals surface area contributed by atoms with E-state index in [-0.39, 0.29) is 18.1 Å². The molecule has 9 heteroatoms. The third kappa shape index (κ3) is 4.44. The number of benzene rings is 1. The van der Waals surface area contributed by atoms with Crippen molar-refractivity contribution in [1.29, 1.82) is 0 Å². The molecule has 3 N–H and O–H groups in total. The molecule has 5 rings (SSSR count). The topological polar surface area (TPSA) is 82.9 Å². The number of nitrogens with zero attached hydrogens (tertiary/aromatic N) is 3. The summed E-state index contributed by atoms with van der Waals surface area (Å²) in [5.41, 5.74) is 9.55. The maximum Gasteiger partial charge on any atom is 0.274 e. The van der Waals surface area contributed by atoms with E-state index in [0.29, 0.717) is 37.4 Å². The van der Waals surface area contributed by atoms with E-state index < -0.39 is 0 Å². The number of ether oxygens (including phenoxy) is 1. The van der Waals surface area contributed by atoms with Crippen LogP contribution in [0.4, 0.5) is 0 Å². The number of imidazole rings is 1. The summed E-state index contributed by atoms with van der Waals surface area (Å²) >= 11 is 1.55. The van der Waals surface area contributed by atoms with Gasteiger partial charge in [0.05, 0.1) is 17.9 Å². The number of amides is 1. The number of nitrogens with one attached hydrogen (secondary N) is 3. The van der Waals surface area contributed by atoms with Crippen LogP contribution >= 0.6 is 11.3 Å². The molecule has 2 aromatic heterocycles. The molecule has 0 aliphatic carbocycles. The lowest BCUT2D eigenvalue weighted by Crippen LogP contribution is -2.48. The Kier molecular flexibility index (Phi) is 6.25. The van der Waals surface area contributed by atoms with Crippen molar-refractivity contribution in [2.24, 2.45) is 0 Å². The van der Waals surface area contributed by atoms with Gasteiger partial charge in [0.25, 0.3) is 5.91 Å². The van der Waals surface area contributed by atoms with Crippen molar-refractivity contribution < 1.29 is 9.53 Å². The maximum atomic E-state index is 13.3. The van der Waals surface area contributed by atoms with Crippen molar-refractivity contribution in [2.75, 3.05) is 19.6 Å². The van der Waals surface area contributed by atoms with Gasteiger partial charge in [-0.3, -0.25) is 14.6 Å². The van der Waals surface area contributed by atoms with Crippen LogP contribution < -0.4 is 16.2 Å². The lowest BCUT2D eigenvalue weighted by Gasteiger charge is -2.35. The number of hydrogen-bond donors (Lipinski definition) is 3. The zero-order valence-corrected chi connectivity index (χ0v) is 19.3. The predicted molar refractivity (Wildman–Crippen MR) is 125 cm³/mol. The molecule has 2 aliphatic rings. The van der Waals surface area contributed by atoms with Gasteiger partial charge in [0.2, 0.25) is 0 Å². The van der Waals surface area contributed by atoms with E-state index in [4.69, 9.17) is 4.74 Å². The second kappa shape index (κ2) is 9.29. The molecule has 0 saturated carbocycles. The maximum absolute atomic E-state index is 13.3. The van der Waals surface area contributed by atoms with E-state index in [1.54, 1.807) is 11.3 Å². The fraction of sp³-hybridized carbons (Fsp3) is 0.478. The highest BCUT2D eigenvalue weighted by Gasteiger charge is 2.30. The molecule has 2 saturated heterocycles. The van der Waals surface area contributed by atoms with Crippen LogP contribution in [0.1, 0.15) is 48.1 Å². The average molecular weight is 455 g/mol. The summed E-state index contributed by atoms with van der Waals surface area (Å²) in [4.78, 5) is 20.8. The van der Waals surface area contributed by atoms with E-state index in [1.165, 1.54) is 5.56 Å². The predicted octanol–water partition coefficient (Wildman–Crippen LogP) is 2.34. The minimum atomic E-state index is -0.00972. The van der Waals surface area contributed by atoms with Crippen LogP contribution in [0.15, 0.2) is 41.9 Å². The van der Waals surface area contributed by atoms with Gasteiger partial charge in [-0.2, -0.15) is 0 Å². The molecule has 32 heavy (non-hydrogen) atoms. The van der Waals surface area contributed by atoms with Crippen LogP contribution in [0.2, 0.25) is 0 Å². The van der Waals surface area contributed by atoms with Crippen molar-refractivity contribution in [3.63, 3.8) is 0 Å². The Labute approximate surface area is 191 Å². The highest BCUT2D eigenvalue weighted by Crippen LogP contribution is 2.23. The molecule has 170 valence electrons. The van der Waals surface area contributed by atoms with Crippen LogP contribution in [0.5, 0.6) is 0 Å². The summed E-state index contributed by atoms with van der Waals surface area (Å²) < 4.78 is 7.83. The number of hydrogen-bond acceptors (Lipinski definition) is 7. The monoisotopic (exact) mass is 454 g/mol. The molecule has 1 aromatic carbocycles. The fourth-order valence-electron chi connectivity index (χ4n) is 4.69. The number of fused-ring (bicyclic) bond motifs is 1. The van der Waals surface area contributed by atoms with Gasteiger partial charge in [-0.1, -0.05) is 30.3 Å². The Hall–Kier alpha value is -2.30. The third-order valence-corrected chi connectivity index (χ3v) is 6.89. The molecule has 4 heterocycles. The number of morpholine rings is 1. The highest BCUT2D eigenvalue weighted by atomic mass is 32.1.